The Hall–Kier alpha value is -2.44. The van der Waals surface area contributed by atoms with E-state index in [-0.39, 0.29) is 22.3 Å². The molecule has 25 heavy (non-hydrogen) atoms. The van der Waals surface area contributed by atoms with Crippen molar-refractivity contribution in [3.8, 4) is 6.07 Å². The van der Waals surface area contributed by atoms with Gasteiger partial charge in [0.1, 0.15) is 5.82 Å². The highest BCUT2D eigenvalue weighted by atomic mass is 32.2. The topological polar surface area (TPSA) is 123 Å². The van der Waals surface area contributed by atoms with Gasteiger partial charge in [0.2, 0.25) is 0 Å². The van der Waals surface area contributed by atoms with Crippen LogP contribution in [0.5, 0.6) is 0 Å². The number of nitrogens with one attached hydrogen (secondary N) is 2. The number of nitriles is 1. The van der Waals surface area contributed by atoms with E-state index in [2.05, 4.69) is 20.1 Å². The standard InChI is InChI=1S/C16H19N5O3S/c17-11-12-1-3-14(4-2-12)25(23,24)10-9-21-7-5-13(6-8-21)15-18-16(22)20-19-15/h1-4,13H,5-10H2,(H2,18,19,20,22). The van der Waals surface area contributed by atoms with Gasteiger partial charge in [0.05, 0.1) is 22.3 Å². The SMILES string of the molecule is N#Cc1ccc(S(=O)(=O)CCN2CCC(c3n[nH]c(=O)[nH]3)CC2)cc1. The van der Waals surface area contributed by atoms with Crippen molar-refractivity contribution in [1.82, 2.24) is 20.1 Å². The van der Waals surface area contributed by atoms with E-state index in [0.29, 0.717) is 17.9 Å². The summed E-state index contributed by atoms with van der Waals surface area (Å²) in [4.78, 5) is 16.2. The Morgan fingerprint density at radius 1 is 1.24 bits per heavy atom. The van der Waals surface area contributed by atoms with Gasteiger partial charge in [-0.15, -0.1) is 0 Å². The van der Waals surface area contributed by atoms with E-state index in [9.17, 15) is 13.2 Å². The molecule has 1 aliphatic rings. The lowest BCUT2D eigenvalue weighted by molar-refractivity contribution is 0.220. The first-order valence-electron chi connectivity index (χ1n) is 8.08. The van der Waals surface area contributed by atoms with Gasteiger partial charge in [0.15, 0.2) is 9.84 Å². The number of nitrogens with zero attached hydrogens (tertiary/aromatic N) is 3. The number of rotatable bonds is 5. The maximum Gasteiger partial charge on any atom is 0.340 e. The summed E-state index contributed by atoms with van der Waals surface area (Å²) >= 11 is 0. The summed E-state index contributed by atoms with van der Waals surface area (Å²) in [6.45, 7) is 2.00. The number of aromatic nitrogens is 3. The van der Waals surface area contributed by atoms with Gasteiger partial charge >= 0.3 is 5.69 Å². The van der Waals surface area contributed by atoms with Gasteiger partial charge < -0.3 is 4.90 Å². The first-order valence-corrected chi connectivity index (χ1v) is 9.73. The molecule has 0 radical (unpaired) electrons. The average Bonchev–Trinajstić information content (AvgIpc) is 3.07. The molecule has 0 bridgehead atoms. The molecule has 1 aliphatic heterocycles. The highest BCUT2D eigenvalue weighted by molar-refractivity contribution is 7.91. The summed E-state index contributed by atoms with van der Waals surface area (Å²) in [5, 5.41) is 15.1. The predicted octanol–water partition coefficient (Wildman–Crippen LogP) is 0.623. The third-order valence-electron chi connectivity index (χ3n) is 4.51. The number of sulfone groups is 1. The van der Waals surface area contributed by atoms with E-state index < -0.39 is 9.84 Å². The van der Waals surface area contributed by atoms with Crippen LogP contribution in [-0.2, 0) is 9.84 Å². The summed E-state index contributed by atoms with van der Waals surface area (Å²) in [7, 11) is -3.36. The Bertz CT molecular complexity index is 916. The van der Waals surface area contributed by atoms with Crippen LogP contribution >= 0.6 is 0 Å². The van der Waals surface area contributed by atoms with E-state index >= 15 is 0 Å². The zero-order valence-corrected chi connectivity index (χ0v) is 14.4. The van der Waals surface area contributed by atoms with Crippen LogP contribution < -0.4 is 5.69 Å². The first kappa shape index (κ1) is 17.4. The molecule has 1 aromatic heterocycles. The second-order valence-corrected chi connectivity index (χ2v) is 8.24. The molecule has 0 amide bonds. The first-order chi connectivity index (χ1) is 12.0. The molecule has 0 spiro atoms. The molecule has 3 rings (SSSR count). The molecule has 1 aromatic carbocycles. The average molecular weight is 361 g/mol. The summed E-state index contributed by atoms with van der Waals surface area (Å²) in [5.74, 6) is 0.920. The molecule has 132 valence electrons. The molecule has 0 aliphatic carbocycles. The molecule has 2 N–H and O–H groups in total. The smallest absolute Gasteiger partial charge is 0.302 e. The van der Waals surface area contributed by atoms with Gasteiger partial charge in [0, 0.05) is 12.5 Å². The van der Waals surface area contributed by atoms with E-state index in [1.807, 2.05) is 6.07 Å². The zero-order chi connectivity index (χ0) is 17.9. The number of piperidine rings is 1. The van der Waals surface area contributed by atoms with Crippen molar-refractivity contribution in [2.45, 2.75) is 23.7 Å². The number of hydrogen-bond acceptors (Lipinski definition) is 6. The van der Waals surface area contributed by atoms with Crippen molar-refractivity contribution >= 4 is 9.84 Å². The maximum absolute atomic E-state index is 12.4. The Kier molecular flexibility index (Phi) is 5.01. The number of H-pyrrole nitrogens is 2. The third kappa shape index (κ3) is 4.15. The van der Waals surface area contributed by atoms with Crippen molar-refractivity contribution < 1.29 is 8.42 Å². The summed E-state index contributed by atoms with van der Waals surface area (Å²) in [6.07, 6.45) is 1.66. The highest BCUT2D eigenvalue weighted by Crippen LogP contribution is 2.24. The number of benzene rings is 1. The molecule has 2 aromatic rings. The van der Waals surface area contributed by atoms with Crippen LogP contribution in [0.25, 0.3) is 0 Å². The second-order valence-electron chi connectivity index (χ2n) is 6.13. The summed E-state index contributed by atoms with van der Waals surface area (Å²) < 4.78 is 24.8. The van der Waals surface area contributed by atoms with Gasteiger partial charge in [-0.05, 0) is 50.2 Å². The largest absolute Gasteiger partial charge is 0.340 e. The zero-order valence-electron chi connectivity index (χ0n) is 13.6. The maximum atomic E-state index is 12.4. The van der Waals surface area contributed by atoms with Gasteiger partial charge in [0.25, 0.3) is 0 Å². The van der Waals surface area contributed by atoms with Gasteiger partial charge in [-0.3, -0.25) is 4.98 Å². The molecule has 1 fully saturated rings. The van der Waals surface area contributed by atoms with Crippen LogP contribution in [0.2, 0.25) is 0 Å². The second kappa shape index (κ2) is 7.21. The van der Waals surface area contributed by atoms with Crippen LogP contribution in [0.3, 0.4) is 0 Å². The third-order valence-corrected chi connectivity index (χ3v) is 6.22. The van der Waals surface area contributed by atoms with E-state index in [0.717, 1.165) is 25.9 Å². The minimum Gasteiger partial charge on any atom is -0.302 e. The van der Waals surface area contributed by atoms with Crippen LogP contribution in [-0.4, -0.2) is 53.9 Å². The van der Waals surface area contributed by atoms with Gasteiger partial charge in [-0.25, -0.2) is 18.3 Å². The lowest BCUT2D eigenvalue weighted by Crippen LogP contribution is -2.36. The van der Waals surface area contributed by atoms with Crippen molar-refractivity contribution in [1.29, 1.82) is 5.26 Å². The minimum atomic E-state index is -3.36. The van der Waals surface area contributed by atoms with Crippen LogP contribution in [0.15, 0.2) is 34.0 Å². The Balaban J connectivity index is 1.53. The normalized spacial score (nSPS) is 16.6. The van der Waals surface area contributed by atoms with Crippen LogP contribution in [0.1, 0.15) is 30.1 Å². The molecule has 1 saturated heterocycles. The lowest BCUT2D eigenvalue weighted by Gasteiger charge is -2.30. The van der Waals surface area contributed by atoms with Crippen molar-refractivity contribution in [3.05, 3.63) is 46.1 Å². The molecular weight excluding hydrogens is 342 g/mol. The minimum absolute atomic E-state index is 0.0444. The van der Waals surface area contributed by atoms with Crippen molar-refractivity contribution in [2.24, 2.45) is 0 Å². The predicted molar refractivity (Wildman–Crippen MR) is 90.8 cm³/mol. The molecule has 0 unspecified atom stereocenters. The summed E-state index contributed by atoms with van der Waals surface area (Å²) in [6, 6.07) is 7.97. The van der Waals surface area contributed by atoms with E-state index in [1.165, 1.54) is 24.3 Å². The molecular formula is C16H19N5O3S. The fourth-order valence-corrected chi connectivity index (χ4v) is 4.30. The van der Waals surface area contributed by atoms with Crippen molar-refractivity contribution in [2.75, 3.05) is 25.4 Å². The summed E-state index contributed by atoms with van der Waals surface area (Å²) in [5.41, 5.74) is 0.142. The van der Waals surface area contributed by atoms with Crippen molar-refractivity contribution in [3.63, 3.8) is 0 Å². The van der Waals surface area contributed by atoms with Gasteiger partial charge in [-0.1, -0.05) is 0 Å². The van der Waals surface area contributed by atoms with E-state index in [1.54, 1.807) is 0 Å². The Morgan fingerprint density at radius 2 is 1.92 bits per heavy atom. The number of aromatic amines is 2. The Labute approximate surface area is 145 Å². The molecule has 9 heteroatoms. The Morgan fingerprint density at radius 3 is 2.48 bits per heavy atom. The van der Waals surface area contributed by atoms with E-state index in [4.69, 9.17) is 5.26 Å². The van der Waals surface area contributed by atoms with Gasteiger partial charge in [-0.2, -0.15) is 10.4 Å². The lowest BCUT2D eigenvalue weighted by atomic mass is 9.96. The van der Waals surface area contributed by atoms with Crippen LogP contribution in [0.4, 0.5) is 0 Å². The molecule has 0 atom stereocenters. The molecule has 8 nitrogen and oxygen atoms in total. The number of hydrogen-bond donors (Lipinski definition) is 2. The fourth-order valence-electron chi connectivity index (χ4n) is 3.01. The molecule has 0 saturated carbocycles. The van der Waals surface area contributed by atoms with Crippen LogP contribution in [0, 0.1) is 11.3 Å². The number of likely N-dealkylation sites (tertiary alicyclic amines) is 1. The quantitative estimate of drug-likeness (QED) is 0.805. The highest BCUT2D eigenvalue weighted by Gasteiger charge is 2.24. The molecule has 2 heterocycles. The fraction of sp³-hybridized carbons (Fsp3) is 0.438. The monoisotopic (exact) mass is 361 g/mol.